The first kappa shape index (κ1) is 35.2. The average Bonchev–Trinajstić information content (AvgIpc) is 2.96. The lowest BCUT2D eigenvalue weighted by molar-refractivity contribution is -0.159. The first-order valence-corrected chi connectivity index (χ1v) is 16.7. The molecule has 0 radical (unpaired) electrons. The van der Waals surface area contributed by atoms with Crippen LogP contribution in [0.15, 0.2) is 47.4 Å². The molecule has 0 spiro atoms. The molecule has 12 nitrogen and oxygen atoms in total. The molecule has 1 aliphatic heterocycles. The largest absolute Gasteiger partial charge is 0.528 e. The maximum Gasteiger partial charge on any atom is 0.528 e. The third-order valence-corrected chi connectivity index (χ3v) is 8.64. The number of fused-ring (bicyclic) bond motifs is 1. The number of hydrogen-bond donors (Lipinski definition) is 3. The van der Waals surface area contributed by atoms with E-state index in [0.717, 1.165) is 30.0 Å². The lowest BCUT2D eigenvalue weighted by atomic mass is 9.99. The van der Waals surface area contributed by atoms with Gasteiger partial charge in [-0.25, -0.2) is 13.2 Å². The SMILES string of the molecule is CCCCN(CCN)C(=O)[C@H](CC(=O)NC[C@@H]1CCCN(OC(=O)OC(C)(C)C)C1)NS(=O)(=O)c1ccc2ccccc2c1. The van der Waals surface area contributed by atoms with Crippen LogP contribution in [0.4, 0.5) is 4.79 Å². The normalized spacial score (nSPS) is 16.7. The molecule has 4 N–H and O–H groups in total. The summed E-state index contributed by atoms with van der Waals surface area (Å²) >= 11 is 0. The molecule has 244 valence electrons. The van der Waals surface area contributed by atoms with Crippen LogP contribution in [0.3, 0.4) is 0 Å². The van der Waals surface area contributed by atoms with Gasteiger partial charge in [-0.2, -0.15) is 4.72 Å². The molecule has 0 unspecified atom stereocenters. The third kappa shape index (κ3) is 11.0. The van der Waals surface area contributed by atoms with Gasteiger partial charge >= 0.3 is 6.16 Å². The number of hydrogen-bond acceptors (Lipinski definition) is 9. The molecule has 0 aliphatic carbocycles. The molecule has 2 atom stereocenters. The minimum atomic E-state index is -4.15. The first-order valence-electron chi connectivity index (χ1n) is 15.2. The number of sulfonamides is 1. The van der Waals surface area contributed by atoms with Crippen molar-refractivity contribution in [2.24, 2.45) is 11.7 Å². The van der Waals surface area contributed by atoms with Gasteiger partial charge in [0.1, 0.15) is 11.6 Å². The summed E-state index contributed by atoms with van der Waals surface area (Å²) in [6, 6.07) is 10.8. The topological polar surface area (TPSA) is 160 Å². The van der Waals surface area contributed by atoms with Gasteiger partial charge in [-0.15, -0.1) is 5.06 Å². The Morgan fingerprint density at radius 2 is 1.84 bits per heavy atom. The lowest BCUT2D eigenvalue weighted by Gasteiger charge is -2.32. The number of nitrogens with two attached hydrogens (primary N) is 1. The summed E-state index contributed by atoms with van der Waals surface area (Å²) in [6.07, 6.45) is 1.93. The summed E-state index contributed by atoms with van der Waals surface area (Å²) in [5.74, 6) is -0.993. The van der Waals surface area contributed by atoms with Crippen LogP contribution in [0.1, 0.15) is 59.8 Å². The van der Waals surface area contributed by atoms with Crippen molar-refractivity contribution in [2.45, 2.75) is 76.3 Å². The van der Waals surface area contributed by atoms with Gasteiger partial charge in [0.2, 0.25) is 21.8 Å². The summed E-state index contributed by atoms with van der Waals surface area (Å²) in [5.41, 5.74) is 5.08. The fourth-order valence-corrected chi connectivity index (χ4v) is 6.22. The zero-order valence-electron chi connectivity index (χ0n) is 26.2. The molecular formula is C31H47N5O7S. The molecular weight excluding hydrogens is 586 g/mol. The standard InChI is InChI=1S/C31H47N5O7S/c1-5-6-16-35(18-15-32)29(38)27(34-44(40,41)26-14-13-24-11-7-8-12-25(24)19-26)20-28(37)33-21-23-10-9-17-36(22-23)43-30(39)42-31(2,3)4/h7-8,11-14,19,23,27,34H,5-6,9-10,15-18,20-22,32H2,1-4H3,(H,33,37)/t23-,27-/m0/s1. The molecule has 1 heterocycles. The van der Waals surface area contributed by atoms with E-state index < -0.39 is 39.6 Å². The molecule has 44 heavy (non-hydrogen) atoms. The van der Waals surface area contributed by atoms with Crippen LogP contribution >= 0.6 is 0 Å². The first-order chi connectivity index (χ1) is 20.8. The number of unbranched alkanes of at least 4 members (excludes halogenated alkanes) is 1. The van der Waals surface area contributed by atoms with Crippen LogP contribution in [0.2, 0.25) is 0 Å². The van der Waals surface area contributed by atoms with Crippen LogP contribution in [-0.2, 0) is 29.2 Å². The number of piperidine rings is 1. The van der Waals surface area contributed by atoms with Gasteiger partial charge in [0.25, 0.3) is 0 Å². The summed E-state index contributed by atoms with van der Waals surface area (Å²) in [6.45, 7) is 9.31. The Hall–Kier alpha value is -3.26. The Bertz CT molecular complexity index is 1380. The molecule has 13 heteroatoms. The second kappa shape index (κ2) is 16.2. The molecule has 2 amide bonds. The van der Waals surface area contributed by atoms with Gasteiger partial charge in [-0.1, -0.05) is 43.7 Å². The van der Waals surface area contributed by atoms with Gasteiger partial charge < -0.3 is 25.5 Å². The highest BCUT2D eigenvalue weighted by Gasteiger charge is 2.32. The second-order valence-electron chi connectivity index (χ2n) is 12.1. The molecule has 0 aromatic heterocycles. The third-order valence-electron chi connectivity index (χ3n) is 7.17. The number of hydroxylamine groups is 2. The molecule has 2 aromatic carbocycles. The number of carbonyl (C=O) groups is 3. The van der Waals surface area contributed by atoms with Crippen LogP contribution in [0, 0.1) is 5.92 Å². The van der Waals surface area contributed by atoms with Crippen molar-refractivity contribution >= 4 is 38.8 Å². The van der Waals surface area contributed by atoms with Crippen molar-refractivity contribution < 1.29 is 32.4 Å². The smallest absolute Gasteiger partial charge is 0.427 e. The van der Waals surface area contributed by atoms with Crippen molar-refractivity contribution in [3.05, 3.63) is 42.5 Å². The number of nitrogens with one attached hydrogen (secondary N) is 2. The molecule has 2 aromatic rings. The summed E-state index contributed by atoms with van der Waals surface area (Å²) in [5, 5.41) is 5.99. The zero-order valence-corrected chi connectivity index (χ0v) is 27.0. The number of ether oxygens (including phenoxy) is 1. The summed E-state index contributed by atoms with van der Waals surface area (Å²) < 4.78 is 34.7. The van der Waals surface area contributed by atoms with E-state index in [1.807, 2.05) is 31.2 Å². The highest BCUT2D eigenvalue weighted by molar-refractivity contribution is 7.89. The number of rotatable bonds is 14. The molecule has 3 rings (SSSR count). The van der Waals surface area contributed by atoms with Crippen molar-refractivity contribution in [3.63, 3.8) is 0 Å². The summed E-state index contributed by atoms with van der Waals surface area (Å²) in [4.78, 5) is 45.7. The van der Waals surface area contributed by atoms with E-state index in [9.17, 15) is 22.8 Å². The van der Waals surface area contributed by atoms with Crippen LogP contribution in [0.25, 0.3) is 10.8 Å². The van der Waals surface area contributed by atoms with E-state index in [2.05, 4.69) is 10.0 Å². The van der Waals surface area contributed by atoms with Gasteiger partial charge in [0.05, 0.1) is 11.3 Å². The molecule has 0 bridgehead atoms. The minimum absolute atomic E-state index is 0.000579. The maximum absolute atomic E-state index is 13.6. The number of carbonyl (C=O) groups excluding carboxylic acids is 3. The van der Waals surface area contributed by atoms with E-state index in [1.165, 1.54) is 16.0 Å². The van der Waals surface area contributed by atoms with E-state index in [0.29, 0.717) is 26.1 Å². The van der Waals surface area contributed by atoms with Gasteiger partial charge in [0.15, 0.2) is 0 Å². The summed E-state index contributed by atoms with van der Waals surface area (Å²) in [7, 11) is -4.15. The highest BCUT2D eigenvalue weighted by Crippen LogP contribution is 2.21. The maximum atomic E-state index is 13.6. The number of amides is 2. The Labute approximate surface area is 260 Å². The van der Waals surface area contributed by atoms with Crippen LogP contribution in [0.5, 0.6) is 0 Å². The second-order valence-corrected chi connectivity index (χ2v) is 13.8. The number of nitrogens with zero attached hydrogens (tertiary/aromatic N) is 2. The quantitative estimate of drug-likeness (QED) is 0.266. The van der Waals surface area contributed by atoms with Gasteiger partial charge in [0, 0.05) is 39.3 Å². The van der Waals surface area contributed by atoms with Crippen molar-refractivity contribution in [3.8, 4) is 0 Å². The minimum Gasteiger partial charge on any atom is -0.427 e. The monoisotopic (exact) mass is 633 g/mol. The molecule has 1 fully saturated rings. The Balaban J connectivity index is 1.70. The predicted octanol–water partition coefficient (Wildman–Crippen LogP) is 3.16. The Morgan fingerprint density at radius 1 is 1.11 bits per heavy atom. The fourth-order valence-electron chi connectivity index (χ4n) is 4.99. The molecule has 1 saturated heterocycles. The van der Waals surface area contributed by atoms with Crippen LogP contribution < -0.4 is 15.8 Å². The van der Waals surface area contributed by atoms with Crippen molar-refractivity contribution in [2.75, 3.05) is 39.3 Å². The predicted molar refractivity (Wildman–Crippen MR) is 168 cm³/mol. The Kier molecular flexibility index (Phi) is 12.9. The van der Waals surface area contributed by atoms with Gasteiger partial charge in [-0.05, 0) is 68.9 Å². The molecule has 0 saturated carbocycles. The molecule has 1 aliphatic rings. The lowest BCUT2D eigenvalue weighted by Crippen LogP contribution is -2.52. The van der Waals surface area contributed by atoms with Gasteiger partial charge in [-0.3, -0.25) is 9.59 Å². The fraction of sp³-hybridized carbons (Fsp3) is 0.581. The van der Waals surface area contributed by atoms with Crippen molar-refractivity contribution in [1.82, 2.24) is 20.0 Å². The van der Waals surface area contributed by atoms with Crippen molar-refractivity contribution in [1.29, 1.82) is 0 Å². The van der Waals surface area contributed by atoms with E-state index >= 15 is 0 Å². The van der Waals surface area contributed by atoms with E-state index in [-0.39, 0.29) is 36.9 Å². The highest BCUT2D eigenvalue weighted by atomic mass is 32.2. The zero-order chi connectivity index (χ0) is 32.3. The van der Waals surface area contributed by atoms with E-state index in [4.69, 9.17) is 15.3 Å². The Morgan fingerprint density at radius 3 is 2.52 bits per heavy atom. The number of benzene rings is 2. The average molecular weight is 634 g/mol. The van der Waals surface area contributed by atoms with E-state index in [1.54, 1.807) is 32.9 Å². The van der Waals surface area contributed by atoms with Crippen LogP contribution in [-0.4, -0.2) is 87.3 Å².